The summed E-state index contributed by atoms with van der Waals surface area (Å²) < 4.78 is 0. The molecule has 0 spiro atoms. The molecule has 0 amide bonds. The first-order valence-electron chi connectivity index (χ1n) is 8.21. The predicted octanol–water partition coefficient (Wildman–Crippen LogP) is 2.43. The predicted molar refractivity (Wildman–Crippen MR) is 84.7 cm³/mol. The standard InChI is InChI=1S/C16H35N3/c1-5-11-19(13-12-18(3)4)14-15-9-7-6-8-10-16(15)17-2/h15-17H,5-14H2,1-4H3. The van der Waals surface area contributed by atoms with Crippen molar-refractivity contribution in [1.29, 1.82) is 0 Å². The van der Waals surface area contributed by atoms with Gasteiger partial charge in [0.15, 0.2) is 0 Å². The number of hydrogen-bond donors (Lipinski definition) is 1. The maximum Gasteiger partial charge on any atom is 0.0109 e. The van der Waals surface area contributed by atoms with Crippen LogP contribution in [0.5, 0.6) is 0 Å². The van der Waals surface area contributed by atoms with Gasteiger partial charge in [0.05, 0.1) is 0 Å². The second-order valence-electron chi connectivity index (χ2n) is 6.40. The minimum atomic E-state index is 0.737. The largest absolute Gasteiger partial charge is 0.317 e. The van der Waals surface area contributed by atoms with E-state index in [4.69, 9.17) is 0 Å². The van der Waals surface area contributed by atoms with Gasteiger partial charge < -0.3 is 15.1 Å². The molecule has 3 nitrogen and oxygen atoms in total. The summed E-state index contributed by atoms with van der Waals surface area (Å²) in [5.41, 5.74) is 0. The van der Waals surface area contributed by atoms with Gasteiger partial charge in [0.1, 0.15) is 0 Å². The fourth-order valence-electron chi connectivity index (χ4n) is 3.27. The van der Waals surface area contributed by atoms with Gasteiger partial charge in [0, 0.05) is 25.7 Å². The van der Waals surface area contributed by atoms with Crippen LogP contribution in [-0.2, 0) is 0 Å². The lowest BCUT2D eigenvalue weighted by Gasteiger charge is -2.32. The highest BCUT2D eigenvalue weighted by molar-refractivity contribution is 4.81. The summed E-state index contributed by atoms with van der Waals surface area (Å²) in [6.45, 7) is 7.23. The Hall–Kier alpha value is -0.120. The SMILES string of the molecule is CCCN(CCN(C)C)CC1CCCCCC1NC. The first kappa shape index (κ1) is 16.9. The molecular formula is C16H35N3. The highest BCUT2D eigenvalue weighted by atomic mass is 15.2. The van der Waals surface area contributed by atoms with Crippen molar-refractivity contribution in [3.63, 3.8) is 0 Å². The molecule has 0 saturated heterocycles. The zero-order valence-electron chi connectivity index (χ0n) is 13.6. The molecule has 0 bridgehead atoms. The fourth-order valence-corrected chi connectivity index (χ4v) is 3.27. The minimum absolute atomic E-state index is 0.737. The van der Waals surface area contributed by atoms with Crippen LogP contribution in [0.1, 0.15) is 45.4 Å². The molecule has 1 N–H and O–H groups in total. The molecule has 0 radical (unpaired) electrons. The van der Waals surface area contributed by atoms with Crippen molar-refractivity contribution in [2.45, 2.75) is 51.5 Å². The third-order valence-electron chi connectivity index (χ3n) is 4.43. The van der Waals surface area contributed by atoms with E-state index in [2.05, 4.69) is 43.2 Å². The van der Waals surface area contributed by atoms with E-state index >= 15 is 0 Å². The van der Waals surface area contributed by atoms with E-state index in [9.17, 15) is 0 Å². The number of nitrogens with one attached hydrogen (secondary N) is 1. The van der Waals surface area contributed by atoms with Crippen LogP contribution in [0.3, 0.4) is 0 Å². The van der Waals surface area contributed by atoms with E-state index in [-0.39, 0.29) is 0 Å². The first-order valence-corrected chi connectivity index (χ1v) is 8.21. The molecule has 0 heterocycles. The van der Waals surface area contributed by atoms with Crippen molar-refractivity contribution in [1.82, 2.24) is 15.1 Å². The molecular weight excluding hydrogens is 234 g/mol. The third-order valence-corrected chi connectivity index (χ3v) is 4.43. The van der Waals surface area contributed by atoms with E-state index < -0.39 is 0 Å². The molecule has 0 aromatic carbocycles. The van der Waals surface area contributed by atoms with Crippen LogP contribution >= 0.6 is 0 Å². The van der Waals surface area contributed by atoms with E-state index in [1.165, 1.54) is 64.7 Å². The molecule has 1 aliphatic rings. The number of hydrogen-bond acceptors (Lipinski definition) is 3. The Morgan fingerprint density at radius 3 is 2.37 bits per heavy atom. The highest BCUT2D eigenvalue weighted by Gasteiger charge is 2.24. The summed E-state index contributed by atoms with van der Waals surface area (Å²) in [5.74, 6) is 0.848. The first-order chi connectivity index (χ1) is 9.17. The zero-order chi connectivity index (χ0) is 14.1. The van der Waals surface area contributed by atoms with Crippen molar-refractivity contribution in [3.8, 4) is 0 Å². The zero-order valence-corrected chi connectivity index (χ0v) is 13.6. The summed E-state index contributed by atoms with van der Waals surface area (Å²) >= 11 is 0. The lowest BCUT2D eigenvalue weighted by molar-refractivity contribution is 0.182. The van der Waals surface area contributed by atoms with Crippen molar-refractivity contribution < 1.29 is 0 Å². The van der Waals surface area contributed by atoms with Gasteiger partial charge in [-0.1, -0.05) is 26.2 Å². The van der Waals surface area contributed by atoms with Crippen LogP contribution in [0, 0.1) is 5.92 Å². The lowest BCUT2D eigenvalue weighted by atomic mass is 9.94. The van der Waals surface area contributed by atoms with Gasteiger partial charge >= 0.3 is 0 Å². The molecule has 0 aromatic rings. The van der Waals surface area contributed by atoms with E-state index in [1.807, 2.05) is 0 Å². The molecule has 1 saturated carbocycles. The summed E-state index contributed by atoms with van der Waals surface area (Å²) in [4.78, 5) is 4.98. The van der Waals surface area contributed by atoms with E-state index in [1.54, 1.807) is 0 Å². The smallest absolute Gasteiger partial charge is 0.0109 e. The maximum absolute atomic E-state index is 3.57. The molecule has 0 aliphatic heterocycles. The molecule has 1 aliphatic carbocycles. The van der Waals surface area contributed by atoms with Gasteiger partial charge in [0.2, 0.25) is 0 Å². The quantitative estimate of drug-likeness (QED) is 0.683. The Morgan fingerprint density at radius 2 is 1.74 bits per heavy atom. The monoisotopic (exact) mass is 269 g/mol. The summed E-state index contributed by atoms with van der Waals surface area (Å²) in [5, 5.41) is 3.57. The van der Waals surface area contributed by atoms with Gasteiger partial charge in [-0.05, 0) is 52.9 Å². The van der Waals surface area contributed by atoms with E-state index in [0.29, 0.717) is 0 Å². The third kappa shape index (κ3) is 6.73. The molecule has 19 heavy (non-hydrogen) atoms. The molecule has 2 unspecified atom stereocenters. The second-order valence-corrected chi connectivity index (χ2v) is 6.40. The molecule has 114 valence electrons. The topological polar surface area (TPSA) is 18.5 Å². The Labute approximate surface area is 120 Å². The Bertz CT molecular complexity index is 218. The van der Waals surface area contributed by atoms with Gasteiger partial charge in [-0.15, -0.1) is 0 Å². The molecule has 2 atom stereocenters. The van der Waals surface area contributed by atoms with Gasteiger partial charge in [-0.2, -0.15) is 0 Å². The lowest BCUT2D eigenvalue weighted by Crippen LogP contribution is -2.42. The van der Waals surface area contributed by atoms with Crippen molar-refractivity contribution in [2.75, 3.05) is 47.3 Å². The average molecular weight is 269 g/mol. The minimum Gasteiger partial charge on any atom is -0.317 e. The fraction of sp³-hybridized carbons (Fsp3) is 1.00. The normalized spacial score (nSPS) is 24.9. The molecule has 1 fully saturated rings. The Balaban J connectivity index is 2.48. The van der Waals surface area contributed by atoms with Crippen LogP contribution in [0.15, 0.2) is 0 Å². The van der Waals surface area contributed by atoms with Gasteiger partial charge in [-0.3, -0.25) is 0 Å². The van der Waals surface area contributed by atoms with Gasteiger partial charge in [-0.25, -0.2) is 0 Å². The van der Waals surface area contributed by atoms with Crippen molar-refractivity contribution >= 4 is 0 Å². The Kier molecular flexibility index (Phi) is 8.67. The van der Waals surface area contributed by atoms with E-state index in [0.717, 1.165) is 12.0 Å². The van der Waals surface area contributed by atoms with Crippen molar-refractivity contribution in [3.05, 3.63) is 0 Å². The van der Waals surface area contributed by atoms with Crippen LogP contribution < -0.4 is 5.32 Å². The van der Waals surface area contributed by atoms with Crippen LogP contribution in [0.2, 0.25) is 0 Å². The number of nitrogens with zero attached hydrogens (tertiary/aromatic N) is 2. The summed E-state index contributed by atoms with van der Waals surface area (Å²) in [6, 6.07) is 0.737. The number of rotatable bonds is 8. The van der Waals surface area contributed by atoms with Crippen molar-refractivity contribution in [2.24, 2.45) is 5.92 Å². The highest BCUT2D eigenvalue weighted by Crippen LogP contribution is 2.24. The van der Waals surface area contributed by atoms with Crippen LogP contribution in [0.25, 0.3) is 0 Å². The number of likely N-dealkylation sites (N-methyl/N-ethyl adjacent to an activating group) is 1. The van der Waals surface area contributed by atoms with Crippen LogP contribution in [0.4, 0.5) is 0 Å². The average Bonchev–Trinajstić information content (AvgIpc) is 2.61. The van der Waals surface area contributed by atoms with Crippen LogP contribution in [-0.4, -0.2) is 63.2 Å². The molecule has 0 aromatic heterocycles. The summed E-state index contributed by atoms with van der Waals surface area (Å²) in [6.07, 6.45) is 8.32. The molecule has 3 heteroatoms. The Morgan fingerprint density at radius 1 is 1.00 bits per heavy atom. The molecule has 1 rings (SSSR count). The maximum atomic E-state index is 3.57. The summed E-state index contributed by atoms with van der Waals surface area (Å²) in [7, 11) is 6.49. The van der Waals surface area contributed by atoms with Gasteiger partial charge in [0.25, 0.3) is 0 Å². The second kappa shape index (κ2) is 9.73.